The molecule has 0 rings (SSSR count). The van der Waals surface area contributed by atoms with Gasteiger partial charge in [-0.05, 0) is 32.1 Å². The Morgan fingerprint density at radius 3 is 2.81 bits per heavy atom. The molecular formula is C10H21N2OPS2. The summed E-state index contributed by atoms with van der Waals surface area (Å²) in [5.74, 6) is 1.04. The van der Waals surface area contributed by atoms with Crippen LogP contribution in [0.2, 0.25) is 0 Å². The molecule has 0 aliphatic carbocycles. The van der Waals surface area contributed by atoms with Gasteiger partial charge in [-0.1, -0.05) is 30.8 Å². The first-order valence-corrected chi connectivity index (χ1v) is 9.79. The number of allylic oxidation sites excluding steroid dienone is 1. The number of aliphatic imine (C=N–C) groups is 1. The largest absolute Gasteiger partial charge is 0.327 e. The molecule has 1 atom stereocenters. The summed E-state index contributed by atoms with van der Waals surface area (Å²) >= 11 is 7.20. The second kappa shape index (κ2) is 10.3. The van der Waals surface area contributed by atoms with Crippen molar-refractivity contribution in [2.75, 3.05) is 12.4 Å². The topological polar surface area (TPSA) is 33.6 Å². The lowest BCUT2D eigenvalue weighted by molar-refractivity contribution is 0.383. The molecule has 0 saturated heterocycles. The smallest absolute Gasteiger partial charge is 0.211 e. The molecule has 0 aromatic heterocycles. The summed E-state index contributed by atoms with van der Waals surface area (Å²) < 4.78 is 5.62. The van der Waals surface area contributed by atoms with Crippen LogP contribution in [0, 0.1) is 0 Å². The van der Waals surface area contributed by atoms with Crippen LogP contribution in [0.25, 0.3) is 0 Å². The molecule has 0 fully saturated rings. The zero-order valence-corrected chi connectivity index (χ0v) is 12.7. The number of nitrogens with one attached hydrogen (secondary N) is 1. The summed E-state index contributed by atoms with van der Waals surface area (Å²) in [5.41, 5.74) is -1.97. The molecule has 1 N–H and O–H groups in total. The molecule has 94 valence electrons. The van der Waals surface area contributed by atoms with Crippen molar-refractivity contribution in [1.82, 2.24) is 5.09 Å². The number of nitrogens with zero attached hydrogens (tertiary/aromatic N) is 1. The van der Waals surface area contributed by atoms with E-state index in [4.69, 9.17) is 16.3 Å². The Morgan fingerprint density at radius 2 is 2.25 bits per heavy atom. The van der Waals surface area contributed by atoms with Crippen molar-refractivity contribution in [3.8, 4) is 0 Å². The summed E-state index contributed by atoms with van der Waals surface area (Å²) in [5, 5.41) is 3.11. The van der Waals surface area contributed by atoms with Gasteiger partial charge in [-0.15, -0.1) is 0 Å². The zero-order chi connectivity index (χ0) is 12.3. The van der Waals surface area contributed by atoms with Crippen LogP contribution in [0.4, 0.5) is 0 Å². The molecule has 6 heteroatoms. The molecule has 0 amide bonds. The van der Waals surface area contributed by atoms with E-state index < -0.39 is 5.62 Å². The van der Waals surface area contributed by atoms with Crippen LogP contribution in [0.1, 0.15) is 33.6 Å². The van der Waals surface area contributed by atoms with Crippen molar-refractivity contribution in [2.45, 2.75) is 33.6 Å². The van der Waals surface area contributed by atoms with Gasteiger partial charge >= 0.3 is 0 Å². The van der Waals surface area contributed by atoms with Crippen LogP contribution in [0.3, 0.4) is 0 Å². The van der Waals surface area contributed by atoms with Gasteiger partial charge in [0, 0.05) is 12.0 Å². The molecular weight excluding hydrogens is 259 g/mol. The highest BCUT2D eigenvalue weighted by Gasteiger charge is 2.15. The maximum Gasteiger partial charge on any atom is 0.211 e. The van der Waals surface area contributed by atoms with E-state index in [-0.39, 0.29) is 0 Å². The highest BCUT2D eigenvalue weighted by molar-refractivity contribution is 8.68. The molecule has 0 heterocycles. The molecule has 0 aromatic rings. The van der Waals surface area contributed by atoms with E-state index in [0.717, 1.165) is 5.75 Å². The van der Waals surface area contributed by atoms with Crippen molar-refractivity contribution in [3.63, 3.8) is 0 Å². The molecule has 3 nitrogen and oxygen atoms in total. The van der Waals surface area contributed by atoms with E-state index in [1.165, 1.54) is 12.8 Å². The van der Waals surface area contributed by atoms with E-state index in [0.29, 0.717) is 6.61 Å². The first-order chi connectivity index (χ1) is 7.68. The van der Waals surface area contributed by atoms with Gasteiger partial charge in [-0.2, -0.15) is 0 Å². The van der Waals surface area contributed by atoms with E-state index in [1.54, 1.807) is 23.9 Å². The normalized spacial score (nSPS) is 15.7. The standard InChI is InChI=1S/C10H21N2OPS2/c1-4-7-9-16-14(15,13-6-3)12-10-11-8-5-2/h5,8,10H,4,6-7,9H2,1-3H3,(H,11,12,15)/b8-5-. The average Bonchev–Trinajstić information content (AvgIpc) is 2.25. The van der Waals surface area contributed by atoms with Gasteiger partial charge in [0.05, 0.1) is 12.9 Å². The summed E-state index contributed by atoms with van der Waals surface area (Å²) in [4.78, 5) is 4.04. The number of hydrogen-bond acceptors (Lipinski definition) is 4. The van der Waals surface area contributed by atoms with Crippen molar-refractivity contribution < 1.29 is 4.52 Å². The van der Waals surface area contributed by atoms with Crippen molar-refractivity contribution in [3.05, 3.63) is 12.3 Å². The Morgan fingerprint density at radius 1 is 1.50 bits per heavy atom. The van der Waals surface area contributed by atoms with Crippen molar-refractivity contribution >= 4 is 35.1 Å². The van der Waals surface area contributed by atoms with Crippen molar-refractivity contribution in [1.29, 1.82) is 0 Å². The molecule has 0 radical (unpaired) electrons. The Labute approximate surface area is 108 Å². The van der Waals surface area contributed by atoms with Crippen LogP contribution >= 0.6 is 17.0 Å². The predicted octanol–water partition coefficient (Wildman–Crippen LogP) is 3.93. The van der Waals surface area contributed by atoms with Gasteiger partial charge in [0.15, 0.2) is 0 Å². The fraction of sp³-hybridized carbons (Fsp3) is 0.700. The monoisotopic (exact) mass is 280 g/mol. The highest BCUT2D eigenvalue weighted by Crippen LogP contribution is 2.55. The van der Waals surface area contributed by atoms with Crippen LogP contribution in [0.5, 0.6) is 0 Å². The van der Waals surface area contributed by atoms with Crippen LogP contribution in [0.15, 0.2) is 17.3 Å². The van der Waals surface area contributed by atoms with Gasteiger partial charge in [-0.25, -0.2) is 4.99 Å². The zero-order valence-electron chi connectivity index (χ0n) is 10.2. The Bertz CT molecular complexity index is 270. The lowest BCUT2D eigenvalue weighted by Crippen LogP contribution is -2.08. The van der Waals surface area contributed by atoms with Gasteiger partial charge in [0.1, 0.15) is 0 Å². The summed E-state index contributed by atoms with van der Waals surface area (Å²) in [7, 11) is 0. The molecule has 0 bridgehead atoms. The molecule has 0 saturated carbocycles. The second-order valence-corrected chi connectivity index (χ2v) is 9.72. The third-order valence-electron chi connectivity index (χ3n) is 1.58. The fourth-order valence-electron chi connectivity index (χ4n) is 0.844. The van der Waals surface area contributed by atoms with Gasteiger partial charge < -0.3 is 9.61 Å². The quantitative estimate of drug-likeness (QED) is 0.300. The minimum absolute atomic E-state index is 0.640. The molecule has 16 heavy (non-hydrogen) atoms. The third-order valence-corrected chi connectivity index (χ3v) is 7.21. The van der Waals surface area contributed by atoms with Crippen LogP contribution in [-0.2, 0) is 16.3 Å². The maximum absolute atomic E-state index is 5.62. The molecule has 0 aliphatic heterocycles. The summed E-state index contributed by atoms with van der Waals surface area (Å²) in [6, 6.07) is 0. The predicted molar refractivity (Wildman–Crippen MR) is 79.7 cm³/mol. The van der Waals surface area contributed by atoms with Crippen molar-refractivity contribution in [2.24, 2.45) is 4.99 Å². The number of hydrogen-bond donors (Lipinski definition) is 1. The van der Waals surface area contributed by atoms with E-state index in [9.17, 15) is 0 Å². The number of rotatable bonds is 9. The van der Waals surface area contributed by atoms with E-state index in [1.807, 2.05) is 19.9 Å². The highest BCUT2D eigenvalue weighted by atomic mass is 32.9. The minimum Gasteiger partial charge on any atom is -0.327 e. The Kier molecular flexibility index (Phi) is 10.4. The molecule has 0 spiro atoms. The van der Waals surface area contributed by atoms with Gasteiger partial charge in [0.25, 0.3) is 0 Å². The Hall–Kier alpha value is 0.170. The van der Waals surface area contributed by atoms with Gasteiger partial charge in [0.2, 0.25) is 5.62 Å². The fourth-order valence-corrected chi connectivity index (χ4v) is 5.42. The second-order valence-electron chi connectivity index (χ2n) is 2.99. The molecule has 1 unspecified atom stereocenters. The average molecular weight is 280 g/mol. The number of unbranched alkanes of at least 4 members (excludes halogenated alkanes) is 1. The lowest BCUT2D eigenvalue weighted by atomic mass is 10.4. The third kappa shape index (κ3) is 8.34. The molecule has 0 aromatic carbocycles. The first kappa shape index (κ1) is 16.2. The van der Waals surface area contributed by atoms with Crippen LogP contribution < -0.4 is 5.09 Å². The van der Waals surface area contributed by atoms with Crippen LogP contribution in [-0.4, -0.2) is 18.7 Å². The van der Waals surface area contributed by atoms with E-state index in [2.05, 4.69) is 17.0 Å². The SMILES string of the molecule is C/C=C\N=C\NP(=S)(OCC)SCCCC. The van der Waals surface area contributed by atoms with Gasteiger partial charge in [-0.3, -0.25) is 0 Å². The van der Waals surface area contributed by atoms with E-state index >= 15 is 0 Å². The summed E-state index contributed by atoms with van der Waals surface area (Å²) in [6.45, 7) is 6.70. The maximum atomic E-state index is 5.62. The first-order valence-electron chi connectivity index (χ1n) is 5.48. The molecule has 0 aliphatic rings. The summed E-state index contributed by atoms with van der Waals surface area (Å²) in [6.07, 6.45) is 7.57. The lowest BCUT2D eigenvalue weighted by Gasteiger charge is -2.20. The Balaban J connectivity index is 4.15. The minimum atomic E-state index is -1.97.